The Morgan fingerprint density at radius 2 is 1.95 bits per heavy atom. The summed E-state index contributed by atoms with van der Waals surface area (Å²) in [5, 5.41) is 0.296. The van der Waals surface area contributed by atoms with E-state index in [-0.39, 0.29) is 17.0 Å². The van der Waals surface area contributed by atoms with Gasteiger partial charge in [-0.25, -0.2) is 19.0 Å². The molecule has 2 aromatic heterocycles. The Morgan fingerprint density at radius 3 is 2.74 bits per heavy atom. The molecular formula is C13H9FN4O. The third-order valence-corrected chi connectivity index (χ3v) is 2.79. The van der Waals surface area contributed by atoms with Crippen LogP contribution in [0, 0.1) is 5.82 Å². The van der Waals surface area contributed by atoms with Crippen molar-refractivity contribution in [2.75, 3.05) is 5.84 Å². The van der Waals surface area contributed by atoms with E-state index in [9.17, 15) is 9.18 Å². The van der Waals surface area contributed by atoms with Crippen molar-refractivity contribution in [3.8, 4) is 11.4 Å². The molecule has 0 radical (unpaired) electrons. The topological polar surface area (TPSA) is 73.8 Å². The smallest absolute Gasteiger partial charge is 0.281 e. The van der Waals surface area contributed by atoms with Gasteiger partial charge in [-0.2, -0.15) is 0 Å². The molecule has 0 fully saturated rings. The highest BCUT2D eigenvalue weighted by Gasteiger charge is 2.13. The van der Waals surface area contributed by atoms with E-state index in [1.165, 1.54) is 18.3 Å². The van der Waals surface area contributed by atoms with Gasteiger partial charge in [-0.15, -0.1) is 0 Å². The molecule has 94 valence electrons. The lowest BCUT2D eigenvalue weighted by atomic mass is 10.2. The average Bonchev–Trinajstić information content (AvgIpc) is 2.44. The summed E-state index contributed by atoms with van der Waals surface area (Å²) in [4.78, 5) is 20.2. The number of halogens is 1. The van der Waals surface area contributed by atoms with Crippen molar-refractivity contribution < 1.29 is 4.39 Å². The zero-order valence-electron chi connectivity index (χ0n) is 9.75. The van der Waals surface area contributed by atoms with E-state index in [1.807, 2.05) is 0 Å². The van der Waals surface area contributed by atoms with Gasteiger partial charge < -0.3 is 5.84 Å². The van der Waals surface area contributed by atoms with Gasteiger partial charge in [0.15, 0.2) is 11.5 Å². The van der Waals surface area contributed by atoms with Crippen molar-refractivity contribution in [1.82, 2.24) is 14.6 Å². The maximum atomic E-state index is 13.8. The Labute approximate surface area is 107 Å². The van der Waals surface area contributed by atoms with Crippen LogP contribution < -0.4 is 11.4 Å². The van der Waals surface area contributed by atoms with Gasteiger partial charge in [-0.1, -0.05) is 12.1 Å². The first-order valence-corrected chi connectivity index (χ1v) is 5.56. The zero-order valence-corrected chi connectivity index (χ0v) is 9.75. The molecule has 0 amide bonds. The molecule has 5 nitrogen and oxygen atoms in total. The first-order chi connectivity index (χ1) is 9.18. The molecule has 19 heavy (non-hydrogen) atoms. The normalized spacial score (nSPS) is 10.8. The number of fused-ring (bicyclic) bond motifs is 1. The van der Waals surface area contributed by atoms with E-state index < -0.39 is 11.4 Å². The average molecular weight is 256 g/mol. The Balaban J connectivity index is 2.40. The Morgan fingerprint density at radius 1 is 1.16 bits per heavy atom. The van der Waals surface area contributed by atoms with Gasteiger partial charge in [0.2, 0.25) is 0 Å². The van der Waals surface area contributed by atoms with Crippen LogP contribution in [-0.4, -0.2) is 14.6 Å². The van der Waals surface area contributed by atoms with Crippen LogP contribution in [0.1, 0.15) is 0 Å². The van der Waals surface area contributed by atoms with Crippen LogP contribution in [0.5, 0.6) is 0 Å². The van der Waals surface area contributed by atoms with Crippen molar-refractivity contribution in [3.05, 3.63) is 58.8 Å². The monoisotopic (exact) mass is 256 g/mol. The minimum Gasteiger partial charge on any atom is -0.334 e. The summed E-state index contributed by atoms with van der Waals surface area (Å²) in [5.74, 6) is 5.25. The lowest BCUT2D eigenvalue weighted by Gasteiger charge is -2.08. The van der Waals surface area contributed by atoms with E-state index in [2.05, 4.69) is 9.97 Å². The number of nitrogen functional groups attached to an aromatic ring is 1. The van der Waals surface area contributed by atoms with Gasteiger partial charge in [0.1, 0.15) is 5.82 Å². The van der Waals surface area contributed by atoms with Gasteiger partial charge >= 0.3 is 0 Å². The second-order valence-electron chi connectivity index (χ2n) is 3.96. The molecule has 0 spiro atoms. The molecule has 0 aliphatic rings. The third kappa shape index (κ3) is 1.74. The molecule has 0 unspecified atom stereocenters. The molecule has 3 aromatic rings. The number of hydrogen-bond acceptors (Lipinski definition) is 4. The zero-order chi connectivity index (χ0) is 13.4. The molecule has 0 atom stereocenters. The van der Waals surface area contributed by atoms with Gasteiger partial charge in [0.05, 0.1) is 10.9 Å². The second kappa shape index (κ2) is 4.16. The predicted octanol–water partition coefficient (Wildman–Crippen LogP) is 1.31. The highest BCUT2D eigenvalue weighted by Crippen LogP contribution is 2.19. The van der Waals surface area contributed by atoms with Crippen molar-refractivity contribution in [1.29, 1.82) is 0 Å². The molecule has 3 rings (SSSR count). The molecule has 2 heterocycles. The fraction of sp³-hybridized carbons (Fsp3) is 0. The molecule has 1 aromatic carbocycles. The van der Waals surface area contributed by atoms with E-state index >= 15 is 0 Å². The summed E-state index contributed by atoms with van der Waals surface area (Å²) in [6.07, 6.45) is 1.51. The summed E-state index contributed by atoms with van der Waals surface area (Å²) >= 11 is 0. The Kier molecular flexibility index (Phi) is 2.49. The first kappa shape index (κ1) is 11.3. The van der Waals surface area contributed by atoms with Crippen LogP contribution in [0.2, 0.25) is 0 Å². The largest absolute Gasteiger partial charge is 0.334 e. The number of nitrogens with zero attached hydrogens (tertiary/aromatic N) is 3. The minimum atomic E-state index is -0.496. The number of benzene rings is 1. The van der Waals surface area contributed by atoms with Gasteiger partial charge in [0.25, 0.3) is 5.56 Å². The highest BCUT2D eigenvalue weighted by molar-refractivity contribution is 5.75. The minimum absolute atomic E-state index is 0.0503. The van der Waals surface area contributed by atoms with Gasteiger partial charge in [-0.3, -0.25) is 4.79 Å². The van der Waals surface area contributed by atoms with E-state index in [1.54, 1.807) is 24.3 Å². The second-order valence-corrected chi connectivity index (χ2v) is 3.96. The maximum Gasteiger partial charge on any atom is 0.281 e. The molecular weight excluding hydrogens is 247 g/mol. The van der Waals surface area contributed by atoms with E-state index in [4.69, 9.17) is 5.84 Å². The standard InChI is InChI=1S/C13H9FN4O/c14-10-6-2-1-4-8(10)12-17-11-9(5-3-7-16-11)13(19)18(12)15/h1-7H,15H2. The SMILES string of the molecule is Nn1c(-c2ccccc2F)nc2ncccc2c1=O. The molecule has 0 saturated carbocycles. The van der Waals surface area contributed by atoms with Crippen molar-refractivity contribution in [2.45, 2.75) is 0 Å². The van der Waals surface area contributed by atoms with Crippen molar-refractivity contribution in [2.24, 2.45) is 0 Å². The van der Waals surface area contributed by atoms with Crippen LogP contribution in [0.25, 0.3) is 22.4 Å². The van der Waals surface area contributed by atoms with Crippen LogP contribution in [0.4, 0.5) is 4.39 Å². The molecule has 0 aliphatic heterocycles. The molecule has 2 N–H and O–H groups in total. The Bertz CT molecular complexity index is 828. The third-order valence-electron chi connectivity index (χ3n) is 2.79. The van der Waals surface area contributed by atoms with E-state index in [0.717, 1.165) is 4.68 Å². The summed E-state index contributed by atoms with van der Waals surface area (Å²) < 4.78 is 14.6. The fourth-order valence-corrected chi connectivity index (χ4v) is 1.87. The van der Waals surface area contributed by atoms with E-state index in [0.29, 0.717) is 5.39 Å². The highest BCUT2D eigenvalue weighted by atomic mass is 19.1. The quantitative estimate of drug-likeness (QED) is 0.666. The van der Waals surface area contributed by atoms with Gasteiger partial charge in [0, 0.05) is 6.20 Å². The van der Waals surface area contributed by atoms with Crippen LogP contribution in [0.15, 0.2) is 47.4 Å². The number of aromatic nitrogens is 3. The maximum absolute atomic E-state index is 13.8. The molecule has 0 saturated heterocycles. The summed E-state index contributed by atoms with van der Waals surface area (Å²) in [6, 6.07) is 9.18. The number of rotatable bonds is 1. The lowest BCUT2D eigenvalue weighted by Crippen LogP contribution is -2.30. The number of pyridine rings is 1. The van der Waals surface area contributed by atoms with Crippen LogP contribution in [0.3, 0.4) is 0 Å². The predicted molar refractivity (Wildman–Crippen MR) is 69.3 cm³/mol. The number of hydrogen-bond donors (Lipinski definition) is 1. The van der Waals surface area contributed by atoms with Crippen molar-refractivity contribution >= 4 is 11.0 Å². The van der Waals surface area contributed by atoms with Crippen LogP contribution in [-0.2, 0) is 0 Å². The molecule has 6 heteroatoms. The summed E-state index contributed by atoms with van der Waals surface area (Å²) in [6.45, 7) is 0. The van der Waals surface area contributed by atoms with Gasteiger partial charge in [-0.05, 0) is 24.3 Å². The van der Waals surface area contributed by atoms with Crippen molar-refractivity contribution in [3.63, 3.8) is 0 Å². The fourth-order valence-electron chi connectivity index (χ4n) is 1.87. The summed E-state index contributed by atoms with van der Waals surface area (Å²) in [5.41, 5.74) is -0.0570. The number of nitrogens with two attached hydrogens (primary N) is 1. The summed E-state index contributed by atoms with van der Waals surface area (Å²) in [7, 11) is 0. The first-order valence-electron chi connectivity index (χ1n) is 5.56. The van der Waals surface area contributed by atoms with Crippen LogP contribution >= 0.6 is 0 Å². The Hall–Kier alpha value is -2.76. The molecule has 0 aliphatic carbocycles. The lowest BCUT2D eigenvalue weighted by molar-refractivity contribution is 0.628. The molecule has 0 bridgehead atoms.